The minimum Gasteiger partial charge on any atom is -0.348 e. The molecule has 2 heterocycles. The van der Waals surface area contributed by atoms with Gasteiger partial charge in [0.2, 0.25) is 0 Å². The molecule has 1 N–H and O–H groups in total. The van der Waals surface area contributed by atoms with E-state index in [4.69, 9.17) is 0 Å². The fraction of sp³-hybridized carbons (Fsp3) is 0.467. The van der Waals surface area contributed by atoms with E-state index < -0.39 is 0 Å². The van der Waals surface area contributed by atoms with Gasteiger partial charge in [-0.25, -0.2) is 4.98 Å². The Bertz CT molecular complexity index is 644. The second-order valence-electron chi connectivity index (χ2n) is 5.43. The molecule has 1 amide bonds. The second kappa shape index (κ2) is 5.56. The molecule has 106 valence electrons. The van der Waals surface area contributed by atoms with Gasteiger partial charge in [0.15, 0.2) is 0 Å². The van der Waals surface area contributed by atoms with Gasteiger partial charge in [0.05, 0.1) is 5.69 Å². The van der Waals surface area contributed by atoms with E-state index in [-0.39, 0.29) is 5.91 Å². The van der Waals surface area contributed by atoms with E-state index in [1.54, 1.807) is 0 Å². The molecule has 0 radical (unpaired) electrons. The molecule has 2 aromatic rings. The van der Waals surface area contributed by atoms with Crippen LogP contribution in [-0.2, 0) is 0 Å². The summed E-state index contributed by atoms with van der Waals surface area (Å²) in [6.07, 6.45) is 7.78. The van der Waals surface area contributed by atoms with Crippen molar-refractivity contribution in [2.45, 2.75) is 45.1 Å². The molecule has 0 aromatic carbocycles. The van der Waals surface area contributed by atoms with Crippen LogP contribution in [0.5, 0.6) is 0 Å². The largest absolute Gasteiger partial charge is 0.348 e. The molecule has 0 atom stereocenters. The number of aromatic nitrogens is 2. The van der Waals surface area contributed by atoms with Crippen LogP contribution in [0.1, 0.15) is 48.3 Å². The average molecular weight is 336 g/mol. The van der Waals surface area contributed by atoms with Crippen molar-refractivity contribution in [3.8, 4) is 0 Å². The van der Waals surface area contributed by atoms with Gasteiger partial charge in [0.25, 0.3) is 5.91 Å². The van der Waals surface area contributed by atoms with Gasteiger partial charge in [-0.15, -0.1) is 0 Å². The smallest absolute Gasteiger partial charge is 0.270 e. The van der Waals surface area contributed by atoms with Crippen molar-refractivity contribution in [3.05, 3.63) is 34.2 Å². The molecule has 1 fully saturated rings. The summed E-state index contributed by atoms with van der Waals surface area (Å²) >= 11 is 3.43. The highest BCUT2D eigenvalue weighted by Gasteiger charge is 2.21. The Hall–Kier alpha value is -1.36. The highest BCUT2D eigenvalue weighted by molar-refractivity contribution is 9.10. The van der Waals surface area contributed by atoms with Crippen molar-refractivity contribution in [3.63, 3.8) is 0 Å². The summed E-state index contributed by atoms with van der Waals surface area (Å²) < 4.78 is 2.83. The molecule has 0 spiro atoms. The van der Waals surface area contributed by atoms with Crippen LogP contribution in [0.4, 0.5) is 0 Å². The minimum atomic E-state index is -0.00998. The Kier molecular flexibility index (Phi) is 3.78. The molecule has 0 saturated heterocycles. The fourth-order valence-electron chi connectivity index (χ4n) is 2.91. The molecule has 0 unspecified atom stereocenters. The van der Waals surface area contributed by atoms with E-state index in [2.05, 4.69) is 26.2 Å². The van der Waals surface area contributed by atoms with Gasteiger partial charge in [-0.05, 0) is 31.9 Å². The Morgan fingerprint density at radius 3 is 2.90 bits per heavy atom. The number of nitrogens with zero attached hydrogens (tertiary/aromatic N) is 2. The van der Waals surface area contributed by atoms with Crippen LogP contribution in [0.25, 0.3) is 5.65 Å². The number of carbonyl (C=O) groups is 1. The van der Waals surface area contributed by atoms with E-state index >= 15 is 0 Å². The number of carbonyl (C=O) groups excluding carboxylic acids is 1. The van der Waals surface area contributed by atoms with Crippen molar-refractivity contribution in [2.24, 2.45) is 0 Å². The zero-order chi connectivity index (χ0) is 14.1. The summed E-state index contributed by atoms with van der Waals surface area (Å²) in [5.74, 6) is -0.00998. The summed E-state index contributed by atoms with van der Waals surface area (Å²) in [7, 11) is 0. The van der Waals surface area contributed by atoms with E-state index in [0.717, 1.165) is 28.7 Å². The third kappa shape index (κ3) is 2.59. The molecule has 1 aliphatic rings. The van der Waals surface area contributed by atoms with Crippen molar-refractivity contribution >= 4 is 27.5 Å². The first kappa shape index (κ1) is 13.6. The summed E-state index contributed by atoms with van der Waals surface area (Å²) in [5, 5.41) is 3.16. The molecule has 4 nitrogen and oxygen atoms in total. The lowest BCUT2D eigenvalue weighted by Gasteiger charge is -2.22. The lowest BCUT2D eigenvalue weighted by molar-refractivity contribution is 0.0921. The predicted molar refractivity (Wildman–Crippen MR) is 82.0 cm³/mol. The van der Waals surface area contributed by atoms with Gasteiger partial charge in [0, 0.05) is 16.7 Å². The molecular weight excluding hydrogens is 318 g/mol. The van der Waals surface area contributed by atoms with Gasteiger partial charge < -0.3 is 5.32 Å². The summed E-state index contributed by atoms with van der Waals surface area (Å²) in [6, 6.07) is 4.16. The van der Waals surface area contributed by atoms with Crippen molar-refractivity contribution in [1.82, 2.24) is 14.7 Å². The van der Waals surface area contributed by atoms with Crippen molar-refractivity contribution < 1.29 is 4.79 Å². The zero-order valence-corrected chi connectivity index (χ0v) is 13.1. The first-order valence-electron chi connectivity index (χ1n) is 7.10. The number of hydrogen-bond acceptors (Lipinski definition) is 2. The average Bonchev–Trinajstić information content (AvgIpc) is 2.74. The van der Waals surface area contributed by atoms with Crippen LogP contribution in [0.3, 0.4) is 0 Å². The fourth-order valence-corrected chi connectivity index (χ4v) is 3.23. The maximum Gasteiger partial charge on any atom is 0.270 e. The van der Waals surface area contributed by atoms with Crippen LogP contribution >= 0.6 is 15.9 Å². The molecule has 0 bridgehead atoms. The Labute approximate surface area is 126 Å². The normalized spacial score (nSPS) is 16.5. The molecule has 20 heavy (non-hydrogen) atoms. The van der Waals surface area contributed by atoms with Gasteiger partial charge in [0.1, 0.15) is 11.3 Å². The number of amides is 1. The SMILES string of the molecule is Cc1nc2cc(Br)ccn2c1C(=O)NC1CCCCC1. The maximum atomic E-state index is 12.5. The van der Waals surface area contributed by atoms with E-state index in [1.807, 2.05) is 29.7 Å². The highest BCUT2D eigenvalue weighted by Crippen LogP contribution is 2.20. The van der Waals surface area contributed by atoms with Gasteiger partial charge in [-0.3, -0.25) is 9.20 Å². The standard InChI is InChI=1S/C15H18BrN3O/c1-10-14(15(20)18-12-5-3-2-4-6-12)19-8-7-11(16)9-13(19)17-10/h7-9,12H,2-6H2,1H3,(H,18,20). The van der Waals surface area contributed by atoms with Crippen LogP contribution in [0.15, 0.2) is 22.8 Å². The number of nitrogens with one attached hydrogen (secondary N) is 1. The van der Waals surface area contributed by atoms with Gasteiger partial charge in [-0.1, -0.05) is 35.2 Å². The zero-order valence-electron chi connectivity index (χ0n) is 11.5. The van der Waals surface area contributed by atoms with Crippen LogP contribution < -0.4 is 5.32 Å². The molecular formula is C15H18BrN3O. The maximum absolute atomic E-state index is 12.5. The number of halogens is 1. The lowest BCUT2D eigenvalue weighted by Crippen LogP contribution is -2.37. The Morgan fingerprint density at radius 1 is 1.40 bits per heavy atom. The van der Waals surface area contributed by atoms with Crippen LogP contribution in [-0.4, -0.2) is 21.3 Å². The first-order valence-corrected chi connectivity index (χ1v) is 7.89. The van der Waals surface area contributed by atoms with Crippen LogP contribution in [0.2, 0.25) is 0 Å². The van der Waals surface area contributed by atoms with Crippen molar-refractivity contribution in [2.75, 3.05) is 0 Å². The third-order valence-electron chi connectivity index (χ3n) is 3.92. The van der Waals surface area contributed by atoms with Crippen molar-refractivity contribution in [1.29, 1.82) is 0 Å². The number of aryl methyl sites for hydroxylation is 1. The Balaban J connectivity index is 1.88. The molecule has 0 aliphatic heterocycles. The minimum absolute atomic E-state index is 0.00998. The summed E-state index contributed by atoms with van der Waals surface area (Å²) in [5.41, 5.74) is 2.22. The molecule has 3 rings (SSSR count). The van der Waals surface area contributed by atoms with Crippen LogP contribution in [0, 0.1) is 6.92 Å². The van der Waals surface area contributed by atoms with E-state index in [0.29, 0.717) is 11.7 Å². The Morgan fingerprint density at radius 2 is 2.15 bits per heavy atom. The number of hydrogen-bond donors (Lipinski definition) is 1. The first-order chi connectivity index (χ1) is 9.65. The number of pyridine rings is 1. The number of imidazole rings is 1. The van der Waals surface area contributed by atoms with E-state index in [9.17, 15) is 4.79 Å². The molecule has 2 aromatic heterocycles. The summed E-state index contributed by atoms with van der Waals surface area (Å²) in [4.78, 5) is 17.0. The molecule has 1 aliphatic carbocycles. The van der Waals surface area contributed by atoms with Gasteiger partial charge >= 0.3 is 0 Å². The number of fused-ring (bicyclic) bond motifs is 1. The molecule has 1 saturated carbocycles. The molecule has 5 heteroatoms. The quantitative estimate of drug-likeness (QED) is 0.913. The topological polar surface area (TPSA) is 46.4 Å². The third-order valence-corrected chi connectivity index (χ3v) is 4.41. The van der Waals surface area contributed by atoms with Gasteiger partial charge in [-0.2, -0.15) is 0 Å². The lowest BCUT2D eigenvalue weighted by atomic mass is 9.95. The number of rotatable bonds is 2. The monoisotopic (exact) mass is 335 g/mol. The predicted octanol–water partition coefficient (Wildman–Crippen LogP) is 3.47. The highest BCUT2D eigenvalue weighted by atomic mass is 79.9. The summed E-state index contributed by atoms with van der Waals surface area (Å²) in [6.45, 7) is 1.89. The van der Waals surface area contributed by atoms with E-state index in [1.165, 1.54) is 19.3 Å². The second-order valence-corrected chi connectivity index (χ2v) is 6.34.